The third kappa shape index (κ3) is 4.14. The Kier molecular flexibility index (Phi) is 5.59. The lowest BCUT2D eigenvalue weighted by Crippen LogP contribution is -2.36. The van der Waals surface area contributed by atoms with Gasteiger partial charge in [0.05, 0.1) is 30.3 Å². The van der Waals surface area contributed by atoms with Gasteiger partial charge in [0, 0.05) is 43.1 Å². The monoisotopic (exact) mass is 419 g/mol. The lowest BCUT2D eigenvalue weighted by atomic mass is 9.88. The summed E-state index contributed by atoms with van der Waals surface area (Å²) >= 11 is 0. The molecule has 3 aromatic rings. The normalized spacial score (nSPS) is 17.5. The summed E-state index contributed by atoms with van der Waals surface area (Å²) in [6, 6.07) is 7.96. The van der Waals surface area contributed by atoms with E-state index in [4.69, 9.17) is 9.72 Å². The first-order chi connectivity index (χ1) is 15.2. The molecule has 7 nitrogen and oxygen atoms in total. The van der Waals surface area contributed by atoms with Gasteiger partial charge in [-0.15, -0.1) is 0 Å². The molecule has 1 aliphatic heterocycles. The number of aromatic amines is 2. The highest BCUT2D eigenvalue weighted by atomic mass is 16.5. The minimum atomic E-state index is 0.0397. The lowest BCUT2D eigenvalue weighted by molar-refractivity contribution is 0.241. The zero-order valence-electron chi connectivity index (χ0n) is 18.0. The van der Waals surface area contributed by atoms with Crippen LogP contribution < -0.4 is 10.3 Å². The van der Waals surface area contributed by atoms with Crippen LogP contribution in [0.15, 0.2) is 35.3 Å². The lowest BCUT2D eigenvalue weighted by Gasteiger charge is -2.28. The predicted octanol–water partition coefficient (Wildman–Crippen LogP) is 3.77. The van der Waals surface area contributed by atoms with Crippen molar-refractivity contribution in [2.24, 2.45) is 0 Å². The quantitative estimate of drug-likeness (QED) is 0.657. The predicted molar refractivity (Wildman–Crippen MR) is 119 cm³/mol. The molecule has 0 spiro atoms. The molecule has 31 heavy (non-hydrogen) atoms. The second-order valence-corrected chi connectivity index (χ2v) is 8.67. The first-order valence-electron chi connectivity index (χ1n) is 11.2. The van der Waals surface area contributed by atoms with Crippen LogP contribution in [0.4, 0.5) is 0 Å². The van der Waals surface area contributed by atoms with Gasteiger partial charge in [-0.2, -0.15) is 5.10 Å². The summed E-state index contributed by atoms with van der Waals surface area (Å²) in [5, 5.41) is 7.39. The van der Waals surface area contributed by atoms with E-state index in [1.54, 1.807) is 7.11 Å². The SMILES string of the molecule is COc1ccc(-c2[nH]ncc2CN2CCc3nc(C4CCCCC4)[nH]c(=O)c3C2)cc1. The van der Waals surface area contributed by atoms with Crippen LogP contribution in [0.25, 0.3) is 11.3 Å². The van der Waals surface area contributed by atoms with Crippen LogP contribution in [-0.4, -0.2) is 38.7 Å². The van der Waals surface area contributed by atoms with Crippen molar-refractivity contribution in [1.29, 1.82) is 0 Å². The molecule has 0 saturated heterocycles. The topological polar surface area (TPSA) is 86.9 Å². The Morgan fingerprint density at radius 1 is 1.16 bits per heavy atom. The van der Waals surface area contributed by atoms with E-state index in [2.05, 4.69) is 20.1 Å². The van der Waals surface area contributed by atoms with Crippen molar-refractivity contribution in [3.8, 4) is 17.0 Å². The molecule has 2 aliphatic rings. The Hall–Kier alpha value is -2.93. The van der Waals surface area contributed by atoms with Gasteiger partial charge in [0.2, 0.25) is 0 Å². The molecule has 0 unspecified atom stereocenters. The summed E-state index contributed by atoms with van der Waals surface area (Å²) in [4.78, 5) is 23.2. The maximum Gasteiger partial charge on any atom is 0.255 e. The van der Waals surface area contributed by atoms with E-state index < -0.39 is 0 Å². The van der Waals surface area contributed by atoms with Gasteiger partial charge in [-0.3, -0.25) is 14.8 Å². The molecular formula is C24H29N5O2. The fourth-order valence-electron chi connectivity index (χ4n) is 4.88. The Bertz CT molecular complexity index is 1100. The number of fused-ring (bicyclic) bond motifs is 1. The van der Waals surface area contributed by atoms with Crippen LogP contribution in [0.2, 0.25) is 0 Å². The standard InChI is InChI=1S/C24H29N5O2/c1-31-19-9-7-16(8-10-19)22-18(13-25-28-22)14-29-12-11-21-20(15-29)24(30)27-23(26-21)17-5-3-2-4-6-17/h7-10,13,17H,2-6,11-12,14-15H2,1H3,(H,25,28)(H,26,27,30). The first-order valence-corrected chi connectivity index (χ1v) is 11.2. The molecule has 3 heterocycles. The molecule has 0 amide bonds. The van der Waals surface area contributed by atoms with Crippen molar-refractivity contribution >= 4 is 0 Å². The molecule has 2 N–H and O–H groups in total. The van der Waals surface area contributed by atoms with Gasteiger partial charge in [0.15, 0.2) is 0 Å². The van der Waals surface area contributed by atoms with E-state index in [-0.39, 0.29) is 5.56 Å². The van der Waals surface area contributed by atoms with Crippen LogP contribution in [0, 0.1) is 0 Å². The third-order valence-electron chi connectivity index (χ3n) is 6.65. The summed E-state index contributed by atoms with van der Waals surface area (Å²) in [6.07, 6.45) is 8.75. The number of aromatic nitrogens is 4. The highest BCUT2D eigenvalue weighted by Gasteiger charge is 2.25. The molecule has 1 fully saturated rings. The number of ether oxygens (including phenoxy) is 1. The molecule has 1 saturated carbocycles. The van der Waals surface area contributed by atoms with Crippen LogP contribution in [0.3, 0.4) is 0 Å². The summed E-state index contributed by atoms with van der Waals surface area (Å²) in [5.74, 6) is 2.16. The fourth-order valence-corrected chi connectivity index (χ4v) is 4.88. The zero-order chi connectivity index (χ0) is 21.2. The molecule has 1 aliphatic carbocycles. The van der Waals surface area contributed by atoms with Gasteiger partial charge in [0.25, 0.3) is 5.56 Å². The molecule has 0 bridgehead atoms. The molecule has 162 valence electrons. The second kappa shape index (κ2) is 8.67. The molecule has 1 aromatic carbocycles. The highest BCUT2D eigenvalue weighted by molar-refractivity contribution is 5.63. The number of nitrogens with one attached hydrogen (secondary N) is 2. The second-order valence-electron chi connectivity index (χ2n) is 8.67. The Morgan fingerprint density at radius 3 is 2.74 bits per heavy atom. The molecule has 2 aromatic heterocycles. The zero-order valence-corrected chi connectivity index (χ0v) is 18.0. The van der Waals surface area contributed by atoms with Crippen molar-refractivity contribution in [2.45, 2.75) is 57.5 Å². The minimum absolute atomic E-state index is 0.0397. The smallest absolute Gasteiger partial charge is 0.255 e. The van der Waals surface area contributed by atoms with Gasteiger partial charge in [-0.25, -0.2) is 4.98 Å². The number of rotatable bonds is 5. The number of nitrogens with zero attached hydrogens (tertiary/aromatic N) is 3. The van der Waals surface area contributed by atoms with Crippen LogP contribution in [0.1, 0.15) is 60.7 Å². The van der Waals surface area contributed by atoms with E-state index in [0.29, 0.717) is 12.5 Å². The Morgan fingerprint density at radius 2 is 1.97 bits per heavy atom. The van der Waals surface area contributed by atoms with Crippen LogP contribution in [0.5, 0.6) is 5.75 Å². The third-order valence-corrected chi connectivity index (χ3v) is 6.65. The van der Waals surface area contributed by atoms with Crippen molar-refractivity contribution in [1.82, 2.24) is 25.1 Å². The maximum atomic E-state index is 12.9. The maximum absolute atomic E-state index is 12.9. The molecule has 0 atom stereocenters. The van der Waals surface area contributed by atoms with Gasteiger partial charge >= 0.3 is 0 Å². The van der Waals surface area contributed by atoms with Gasteiger partial charge < -0.3 is 9.72 Å². The molecule has 5 rings (SSSR count). The number of hydrogen-bond donors (Lipinski definition) is 2. The first kappa shape index (κ1) is 20.0. The van der Waals surface area contributed by atoms with E-state index >= 15 is 0 Å². The minimum Gasteiger partial charge on any atom is -0.497 e. The van der Waals surface area contributed by atoms with Crippen molar-refractivity contribution in [3.05, 3.63) is 63.5 Å². The van der Waals surface area contributed by atoms with E-state index in [1.165, 1.54) is 19.3 Å². The van der Waals surface area contributed by atoms with E-state index in [1.807, 2.05) is 30.5 Å². The van der Waals surface area contributed by atoms with E-state index in [9.17, 15) is 4.79 Å². The largest absolute Gasteiger partial charge is 0.497 e. The summed E-state index contributed by atoms with van der Waals surface area (Å²) in [6.45, 7) is 2.25. The van der Waals surface area contributed by atoms with Crippen LogP contribution >= 0.6 is 0 Å². The van der Waals surface area contributed by atoms with E-state index in [0.717, 1.165) is 72.0 Å². The molecule has 7 heteroatoms. The Labute approximate surface area is 181 Å². The summed E-state index contributed by atoms with van der Waals surface area (Å²) < 4.78 is 5.26. The summed E-state index contributed by atoms with van der Waals surface area (Å²) in [5.41, 5.74) is 5.05. The Balaban J connectivity index is 1.33. The number of H-pyrrole nitrogens is 2. The van der Waals surface area contributed by atoms with Crippen molar-refractivity contribution in [3.63, 3.8) is 0 Å². The van der Waals surface area contributed by atoms with Crippen molar-refractivity contribution in [2.75, 3.05) is 13.7 Å². The fraction of sp³-hybridized carbons (Fsp3) is 0.458. The average molecular weight is 420 g/mol. The van der Waals surface area contributed by atoms with Gasteiger partial charge in [0.1, 0.15) is 11.6 Å². The van der Waals surface area contributed by atoms with Crippen LogP contribution in [-0.2, 0) is 19.5 Å². The van der Waals surface area contributed by atoms with Crippen molar-refractivity contribution < 1.29 is 4.74 Å². The average Bonchev–Trinajstić information content (AvgIpc) is 3.28. The molecular weight excluding hydrogens is 390 g/mol. The molecule has 0 radical (unpaired) electrons. The van der Waals surface area contributed by atoms with Gasteiger partial charge in [-0.1, -0.05) is 19.3 Å². The highest BCUT2D eigenvalue weighted by Crippen LogP contribution is 2.31. The summed E-state index contributed by atoms with van der Waals surface area (Å²) in [7, 11) is 1.67. The number of hydrogen-bond acceptors (Lipinski definition) is 5. The number of benzene rings is 1. The number of methoxy groups -OCH3 is 1. The van der Waals surface area contributed by atoms with Gasteiger partial charge in [-0.05, 0) is 37.1 Å².